The average molecular weight is 461 g/mol. The van der Waals surface area contributed by atoms with Crippen LogP contribution in [0.4, 0.5) is 4.79 Å². The summed E-state index contributed by atoms with van der Waals surface area (Å²) in [4.78, 5) is 33.6. The van der Waals surface area contributed by atoms with E-state index in [1.54, 1.807) is 54.6 Å². The number of nitrogens with zero attached hydrogens (tertiary/aromatic N) is 1. The van der Waals surface area contributed by atoms with Gasteiger partial charge in [0.2, 0.25) is 0 Å². The molecule has 2 N–H and O–H groups in total. The van der Waals surface area contributed by atoms with Gasteiger partial charge in [-0.1, -0.05) is 36.0 Å². The molecular weight excluding hydrogens is 446 g/mol. The van der Waals surface area contributed by atoms with Crippen LogP contribution in [0.3, 0.4) is 0 Å². The molecule has 10 heteroatoms. The molecule has 0 aromatic heterocycles. The van der Waals surface area contributed by atoms with Crippen molar-refractivity contribution in [3.05, 3.63) is 69.9 Å². The number of hydrogen-bond acceptors (Lipinski definition) is 7. The number of carbonyl (C=O) groups excluding carboxylic acids is 3. The van der Waals surface area contributed by atoms with Gasteiger partial charge in [-0.3, -0.25) is 0 Å². The summed E-state index contributed by atoms with van der Waals surface area (Å²) >= 11 is 0.808. The van der Waals surface area contributed by atoms with Gasteiger partial charge in [0.25, 0.3) is 0 Å². The van der Waals surface area contributed by atoms with Crippen LogP contribution in [-0.4, -0.2) is 23.2 Å². The van der Waals surface area contributed by atoms with E-state index in [1.165, 1.54) is 0 Å². The first-order valence-electron chi connectivity index (χ1n) is 7.93. The van der Waals surface area contributed by atoms with Crippen LogP contribution in [0.25, 0.3) is 11.4 Å². The molecule has 3 rings (SSSR count). The second kappa shape index (κ2) is 12.9. The Balaban J connectivity index is 0.00000210. The van der Waals surface area contributed by atoms with Gasteiger partial charge in [0.15, 0.2) is 0 Å². The zero-order chi connectivity index (χ0) is 19.4. The molecule has 1 aliphatic rings. The van der Waals surface area contributed by atoms with Gasteiger partial charge in [0.1, 0.15) is 16.7 Å². The van der Waals surface area contributed by atoms with Gasteiger partial charge in [-0.2, -0.15) is 0 Å². The van der Waals surface area contributed by atoms with Crippen molar-refractivity contribution in [2.75, 3.05) is 0 Å². The van der Waals surface area contributed by atoms with E-state index >= 15 is 0 Å². The molecule has 0 unspecified atom stereocenters. The molecule has 2 aromatic rings. The van der Waals surface area contributed by atoms with Crippen molar-refractivity contribution in [3.63, 3.8) is 0 Å². The predicted molar refractivity (Wildman–Crippen MR) is 99.0 cm³/mol. The summed E-state index contributed by atoms with van der Waals surface area (Å²) < 4.78 is 5.72. The van der Waals surface area contributed by atoms with E-state index < -0.39 is 23.2 Å². The van der Waals surface area contributed by atoms with Crippen LogP contribution in [0.15, 0.2) is 53.4 Å². The Morgan fingerprint density at radius 3 is 2.10 bits per heavy atom. The van der Waals surface area contributed by atoms with Gasteiger partial charge in [-0.05, 0) is 47.9 Å². The van der Waals surface area contributed by atoms with E-state index in [-0.39, 0.29) is 109 Å². The number of hydrogen-bond donors (Lipinski definition) is 1. The van der Waals surface area contributed by atoms with Gasteiger partial charge in [-0.15, -0.1) is 0 Å². The van der Waals surface area contributed by atoms with Crippen LogP contribution in [0.2, 0.25) is 0 Å². The first-order chi connectivity index (χ1) is 12.9. The minimum atomic E-state index is -1.29. The summed E-state index contributed by atoms with van der Waals surface area (Å²) in [6, 6.07) is 12.8. The number of rotatable bonds is 6. The molecule has 138 valence electrons. The third kappa shape index (κ3) is 8.32. The van der Waals surface area contributed by atoms with Crippen LogP contribution in [0.5, 0.6) is 11.5 Å². The van der Waals surface area contributed by atoms with E-state index in [0.717, 1.165) is 22.9 Å². The molecule has 1 fully saturated rings. The second-order valence-corrected chi connectivity index (χ2v) is 6.73. The number of ether oxygens (including phenoxy) is 1. The minimum Gasteiger partial charge on any atom is -0.581 e. The molecule has 0 aliphatic carbocycles. The van der Waals surface area contributed by atoms with Crippen LogP contribution in [0, 0.1) is 0 Å². The van der Waals surface area contributed by atoms with E-state index in [0.29, 0.717) is 16.4 Å². The normalized spacial score (nSPS) is 15.1. The molecule has 0 radical (unpaired) electrons. The van der Waals surface area contributed by atoms with Crippen molar-refractivity contribution in [1.29, 1.82) is 0 Å². The zero-order valence-corrected chi connectivity index (χ0v) is 23.0. The minimum absolute atomic E-state index is 0. The summed E-state index contributed by atoms with van der Waals surface area (Å²) in [6.45, 7) is 0. The number of carbonyl (C=O) groups is 3. The Kier molecular flexibility index (Phi) is 12.1. The first-order valence-corrected chi connectivity index (χ1v) is 8.75. The molecule has 0 saturated carbocycles. The Morgan fingerprint density at radius 1 is 1.07 bits per heavy atom. The molecule has 0 bridgehead atoms. The molecule has 2 aromatic carbocycles. The van der Waals surface area contributed by atoms with Crippen LogP contribution in [-0.2, 0) is 16.0 Å². The summed E-state index contributed by atoms with van der Waals surface area (Å²) in [6.07, 6.45) is 1.78. The molecule has 1 atom stereocenters. The third-order valence-corrected chi connectivity index (χ3v) is 4.47. The summed E-state index contributed by atoms with van der Waals surface area (Å²) in [5, 5.41) is 13.5. The van der Waals surface area contributed by atoms with Crippen molar-refractivity contribution in [1.82, 2.24) is 0 Å². The Labute approximate surface area is 257 Å². The molecule has 1 heterocycles. The van der Waals surface area contributed by atoms with E-state index in [9.17, 15) is 19.5 Å². The van der Waals surface area contributed by atoms with Gasteiger partial charge < -0.3 is 35.3 Å². The Morgan fingerprint density at radius 2 is 1.62 bits per heavy atom. The monoisotopic (exact) mass is 460 g/mol. The fourth-order valence-corrected chi connectivity index (χ4v) is 2.98. The standard InChI is InChI=1S/C19H16N2O5S.2K/c20-15(18(23)24)9-11-1-5-13(6-2-11)26-14-7-3-12(4-8-14)10-16-17(22)21-19(25)27-16;;/h1-8,10,15H,9,20H2,(H2,21,22,23,24,25);;/q;2*+1/p-2/b16-10-;;/t15-;;/m1../s1. The van der Waals surface area contributed by atoms with Gasteiger partial charge >= 0.3 is 103 Å². The zero-order valence-electron chi connectivity index (χ0n) is 16.0. The molecule has 1 aliphatic heterocycles. The predicted octanol–water partition coefficient (Wildman–Crippen LogP) is -3.79. The van der Waals surface area contributed by atoms with Crippen LogP contribution < -0.4 is 118 Å². The van der Waals surface area contributed by atoms with Gasteiger partial charge in [-0.25, -0.2) is 0 Å². The number of nitrogens with two attached hydrogens (primary N) is 1. The number of aliphatic carboxylic acids is 1. The van der Waals surface area contributed by atoms with Crippen molar-refractivity contribution >= 4 is 35.0 Å². The number of carboxylic acids is 1. The first kappa shape index (κ1) is 27.2. The topological polar surface area (TPSA) is 124 Å². The number of imide groups is 1. The molecule has 29 heavy (non-hydrogen) atoms. The number of benzene rings is 2. The van der Waals surface area contributed by atoms with E-state index in [2.05, 4.69) is 5.32 Å². The smallest absolute Gasteiger partial charge is 0.581 e. The fraction of sp³-hybridized carbons (Fsp3) is 0.105. The summed E-state index contributed by atoms with van der Waals surface area (Å²) in [7, 11) is 0. The van der Waals surface area contributed by atoms with E-state index in [4.69, 9.17) is 10.5 Å². The fourth-order valence-electron chi connectivity index (χ4n) is 2.34. The maximum atomic E-state index is 11.5. The van der Waals surface area contributed by atoms with E-state index in [1.807, 2.05) is 0 Å². The average Bonchev–Trinajstić information content (AvgIpc) is 2.95. The molecular formula is C19H14K2N2O5S. The van der Waals surface area contributed by atoms with Crippen molar-refractivity contribution < 1.29 is 127 Å². The largest absolute Gasteiger partial charge is 1.00 e. The van der Waals surface area contributed by atoms with Gasteiger partial charge in [0.05, 0.1) is 11.9 Å². The maximum Gasteiger partial charge on any atom is 1.00 e. The van der Waals surface area contributed by atoms with Gasteiger partial charge in [0, 0.05) is 10.9 Å². The quantitative estimate of drug-likeness (QED) is 0.347. The summed E-state index contributed by atoms with van der Waals surface area (Å²) in [5.74, 6) is -0.648. The molecule has 0 spiro atoms. The SMILES string of the molecule is N[C@H](Cc1ccc(Oc2ccc(/C=C3\SC(=O)[N-]C3=O)cc2)cc1)C(=O)[O-].[K+].[K+]. The summed E-state index contributed by atoms with van der Waals surface area (Å²) in [5.41, 5.74) is 6.96. The Bertz CT molecular complexity index is 917. The van der Waals surface area contributed by atoms with Crippen molar-refractivity contribution in [3.8, 4) is 11.5 Å². The number of thioether (sulfide) groups is 1. The van der Waals surface area contributed by atoms with Crippen LogP contribution >= 0.6 is 11.8 Å². The number of amides is 2. The number of carboxylic acid groups (broad SMARTS) is 1. The Hall–Kier alpha value is 0.173. The third-order valence-electron chi connectivity index (χ3n) is 3.70. The van der Waals surface area contributed by atoms with Crippen LogP contribution in [0.1, 0.15) is 11.1 Å². The molecule has 2 amide bonds. The molecule has 7 nitrogen and oxygen atoms in total. The second-order valence-electron chi connectivity index (χ2n) is 5.74. The molecule has 1 saturated heterocycles. The maximum absolute atomic E-state index is 11.5. The van der Waals surface area contributed by atoms with Crippen molar-refractivity contribution in [2.45, 2.75) is 12.5 Å². The van der Waals surface area contributed by atoms with Crippen molar-refractivity contribution in [2.24, 2.45) is 5.73 Å².